The lowest BCUT2D eigenvalue weighted by molar-refractivity contribution is 0.0989. The van der Waals surface area contributed by atoms with Gasteiger partial charge < -0.3 is 10.8 Å². The Morgan fingerprint density at radius 1 is 1.07 bits per heavy atom. The average molecular weight is 447 g/mol. The molecule has 29 heavy (non-hydrogen) atoms. The van der Waals surface area contributed by atoms with Crippen molar-refractivity contribution >= 4 is 51.9 Å². The number of carbonyl (C=O) groups excluding carboxylic acids is 2. The van der Waals surface area contributed by atoms with Gasteiger partial charge in [-0.15, -0.1) is 11.3 Å². The molecule has 0 bridgehead atoms. The Morgan fingerprint density at radius 3 is 2.34 bits per heavy atom. The fourth-order valence-corrected chi connectivity index (χ4v) is 3.94. The standard InChI is InChI=1S/C21H16Cl2N2O3S/c1-11(25-9-18(26)12-2-4-13(5-3-12)21(24)28)15-10-29-20(19(15)27)14-6-7-16(22)17(23)8-14/h2-8,10,27H,9H2,1H3,(H2,24,28). The number of hydrogen-bond donors (Lipinski definition) is 2. The van der Waals surface area contributed by atoms with Gasteiger partial charge in [0, 0.05) is 27.8 Å². The second kappa shape index (κ2) is 8.78. The highest BCUT2D eigenvalue weighted by molar-refractivity contribution is 7.14. The lowest BCUT2D eigenvalue weighted by atomic mass is 10.1. The molecule has 0 spiro atoms. The molecule has 0 fully saturated rings. The van der Waals surface area contributed by atoms with E-state index in [2.05, 4.69) is 4.99 Å². The number of carbonyl (C=O) groups is 2. The van der Waals surface area contributed by atoms with Gasteiger partial charge in [0.25, 0.3) is 0 Å². The number of aromatic hydroxyl groups is 1. The Morgan fingerprint density at radius 2 is 1.72 bits per heavy atom. The van der Waals surface area contributed by atoms with Gasteiger partial charge >= 0.3 is 0 Å². The van der Waals surface area contributed by atoms with Gasteiger partial charge in [-0.2, -0.15) is 0 Å². The molecule has 148 valence electrons. The summed E-state index contributed by atoms with van der Waals surface area (Å²) in [5.74, 6) is -0.684. The number of halogens is 2. The predicted octanol–water partition coefficient (Wildman–Crippen LogP) is 5.22. The van der Waals surface area contributed by atoms with Crippen molar-refractivity contribution < 1.29 is 14.7 Å². The molecular weight excluding hydrogens is 431 g/mol. The summed E-state index contributed by atoms with van der Waals surface area (Å²) in [6, 6.07) is 11.2. The maximum atomic E-state index is 12.3. The van der Waals surface area contributed by atoms with Gasteiger partial charge in [-0.25, -0.2) is 0 Å². The van der Waals surface area contributed by atoms with E-state index in [1.54, 1.807) is 30.5 Å². The van der Waals surface area contributed by atoms with Crippen molar-refractivity contribution in [2.45, 2.75) is 6.92 Å². The molecule has 0 radical (unpaired) electrons. The number of benzene rings is 2. The van der Waals surface area contributed by atoms with E-state index in [1.165, 1.54) is 35.6 Å². The monoisotopic (exact) mass is 446 g/mol. The van der Waals surface area contributed by atoms with E-state index < -0.39 is 5.91 Å². The molecule has 3 N–H and O–H groups in total. The van der Waals surface area contributed by atoms with Gasteiger partial charge in [-0.05, 0) is 36.8 Å². The van der Waals surface area contributed by atoms with Crippen LogP contribution in [-0.2, 0) is 0 Å². The van der Waals surface area contributed by atoms with Crippen LogP contribution in [0, 0.1) is 0 Å². The number of Topliss-reactive ketones (excluding diaryl/α,β-unsaturated/α-hetero) is 1. The van der Waals surface area contributed by atoms with Crippen molar-refractivity contribution in [2.24, 2.45) is 10.7 Å². The van der Waals surface area contributed by atoms with Crippen LogP contribution in [0.5, 0.6) is 5.75 Å². The number of amides is 1. The summed E-state index contributed by atoms with van der Waals surface area (Å²) in [4.78, 5) is 28.4. The summed E-state index contributed by atoms with van der Waals surface area (Å²) < 4.78 is 0. The summed E-state index contributed by atoms with van der Waals surface area (Å²) in [6.45, 7) is 1.64. The van der Waals surface area contributed by atoms with Crippen LogP contribution in [0.4, 0.5) is 0 Å². The molecule has 3 aromatic rings. The molecule has 0 aliphatic heterocycles. The summed E-state index contributed by atoms with van der Waals surface area (Å²) in [5.41, 5.74) is 7.78. The van der Waals surface area contributed by atoms with E-state index in [0.29, 0.717) is 37.3 Å². The normalized spacial score (nSPS) is 11.5. The quantitative estimate of drug-likeness (QED) is 0.401. The predicted molar refractivity (Wildman–Crippen MR) is 118 cm³/mol. The van der Waals surface area contributed by atoms with E-state index >= 15 is 0 Å². The fraction of sp³-hybridized carbons (Fsp3) is 0.0952. The van der Waals surface area contributed by atoms with Gasteiger partial charge in [0.05, 0.1) is 14.9 Å². The largest absolute Gasteiger partial charge is 0.506 e. The zero-order chi connectivity index (χ0) is 21.1. The van der Waals surface area contributed by atoms with E-state index in [0.717, 1.165) is 5.56 Å². The SMILES string of the molecule is CC(=NCC(=O)c1ccc(C(N)=O)cc1)c1csc(-c2ccc(Cl)c(Cl)c2)c1O. The number of primary amides is 1. The van der Waals surface area contributed by atoms with Crippen molar-refractivity contribution in [1.29, 1.82) is 0 Å². The molecule has 1 aromatic heterocycles. The summed E-state index contributed by atoms with van der Waals surface area (Å²) in [6.07, 6.45) is 0. The maximum absolute atomic E-state index is 12.3. The smallest absolute Gasteiger partial charge is 0.248 e. The van der Waals surface area contributed by atoms with Crippen LogP contribution < -0.4 is 5.73 Å². The van der Waals surface area contributed by atoms with Gasteiger partial charge in [-0.1, -0.05) is 41.4 Å². The zero-order valence-electron chi connectivity index (χ0n) is 15.3. The van der Waals surface area contributed by atoms with Gasteiger partial charge in [0.2, 0.25) is 5.91 Å². The molecule has 2 aromatic carbocycles. The van der Waals surface area contributed by atoms with E-state index in [9.17, 15) is 14.7 Å². The molecule has 3 rings (SSSR count). The summed E-state index contributed by atoms with van der Waals surface area (Å²) in [7, 11) is 0. The molecule has 0 aliphatic carbocycles. The van der Waals surface area contributed by atoms with Crippen LogP contribution in [0.1, 0.15) is 33.2 Å². The molecule has 8 heteroatoms. The van der Waals surface area contributed by atoms with Crippen LogP contribution >= 0.6 is 34.5 Å². The zero-order valence-corrected chi connectivity index (χ0v) is 17.6. The molecule has 1 amide bonds. The molecule has 5 nitrogen and oxygen atoms in total. The minimum atomic E-state index is -0.552. The second-order valence-corrected chi connectivity index (χ2v) is 7.92. The molecule has 0 aliphatic rings. The maximum Gasteiger partial charge on any atom is 0.248 e. The molecule has 1 heterocycles. The van der Waals surface area contributed by atoms with Crippen molar-refractivity contribution in [3.63, 3.8) is 0 Å². The van der Waals surface area contributed by atoms with Crippen molar-refractivity contribution in [1.82, 2.24) is 0 Å². The van der Waals surface area contributed by atoms with Crippen molar-refractivity contribution in [2.75, 3.05) is 6.54 Å². The highest BCUT2D eigenvalue weighted by Crippen LogP contribution is 2.40. The Kier molecular flexibility index (Phi) is 6.37. The summed E-state index contributed by atoms with van der Waals surface area (Å²) >= 11 is 13.3. The number of ketones is 1. The van der Waals surface area contributed by atoms with Crippen LogP contribution in [0.15, 0.2) is 52.8 Å². The highest BCUT2D eigenvalue weighted by Gasteiger charge is 2.16. The fourth-order valence-electron chi connectivity index (χ4n) is 2.64. The topological polar surface area (TPSA) is 92.8 Å². The first-order valence-corrected chi connectivity index (χ1v) is 10.1. The lowest BCUT2D eigenvalue weighted by Gasteiger charge is -2.04. The average Bonchev–Trinajstić information content (AvgIpc) is 3.09. The van der Waals surface area contributed by atoms with E-state index in [-0.39, 0.29) is 18.1 Å². The Labute approximate surface area is 181 Å². The number of nitrogens with two attached hydrogens (primary N) is 1. The first-order valence-electron chi connectivity index (χ1n) is 8.48. The van der Waals surface area contributed by atoms with Crippen molar-refractivity contribution in [3.05, 3.63) is 74.6 Å². The molecule has 0 saturated heterocycles. The van der Waals surface area contributed by atoms with Gasteiger partial charge in [0.15, 0.2) is 5.78 Å². The van der Waals surface area contributed by atoms with Crippen molar-refractivity contribution in [3.8, 4) is 16.2 Å². The minimum Gasteiger partial charge on any atom is -0.506 e. The molecule has 0 saturated carbocycles. The lowest BCUT2D eigenvalue weighted by Crippen LogP contribution is -2.11. The molecule has 0 unspecified atom stereocenters. The highest BCUT2D eigenvalue weighted by atomic mass is 35.5. The minimum absolute atomic E-state index is 0.0768. The Balaban J connectivity index is 1.78. The Bertz CT molecular complexity index is 1120. The van der Waals surface area contributed by atoms with Gasteiger partial charge in [-0.3, -0.25) is 14.6 Å². The third-order valence-corrected chi connectivity index (χ3v) is 6.04. The first-order chi connectivity index (χ1) is 13.8. The van der Waals surface area contributed by atoms with Crippen LogP contribution in [0.3, 0.4) is 0 Å². The number of hydrogen-bond acceptors (Lipinski definition) is 5. The van der Waals surface area contributed by atoms with Crippen LogP contribution in [0.2, 0.25) is 10.0 Å². The van der Waals surface area contributed by atoms with Gasteiger partial charge in [0.1, 0.15) is 12.3 Å². The summed E-state index contributed by atoms with van der Waals surface area (Å²) in [5, 5.41) is 13.2. The first kappa shape index (κ1) is 21.0. The number of nitrogens with zero attached hydrogens (tertiary/aromatic N) is 1. The number of thiophene rings is 1. The number of aliphatic imine (C=N–C) groups is 1. The van der Waals surface area contributed by atoms with Crippen LogP contribution in [0.25, 0.3) is 10.4 Å². The van der Waals surface area contributed by atoms with Crippen LogP contribution in [-0.4, -0.2) is 29.1 Å². The van der Waals surface area contributed by atoms with E-state index in [4.69, 9.17) is 28.9 Å². The third-order valence-electron chi connectivity index (χ3n) is 4.29. The number of rotatable bonds is 6. The second-order valence-electron chi connectivity index (χ2n) is 6.22. The molecular formula is C21H16Cl2N2O3S. The third kappa shape index (κ3) is 4.67. The van der Waals surface area contributed by atoms with E-state index in [1.807, 2.05) is 0 Å². The Hall–Kier alpha value is -2.67. The molecule has 0 atom stereocenters.